The van der Waals surface area contributed by atoms with Crippen LogP contribution in [0.15, 0.2) is 24.4 Å². The Balaban J connectivity index is 2.40. The van der Waals surface area contributed by atoms with Gasteiger partial charge in [0, 0.05) is 43.2 Å². The Hall–Kier alpha value is -1.77. The maximum Gasteiger partial charge on any atom is 0.187 e. The number of fused-ring (bicyclic) bond motifs is 1. The highest BCUT2D eigenvalue weighted by Crippen LogP contribution is 2.39. The lowest BCUT2D eigenvalue weighted by Crippen LogP contribution is -2.36. The van der Waals surface area contributed by atoms with E-state index in [-0.39, 0.29) is 11.3 Å². The molecule has 114 valence electrons. The SMILES string of the molecule is Cc1cc2c(cc1C(=O)/C=C/N(C)C)C(C)CC(C)(C)N2. The minimum absolute atomic E-state index is 0.0704. The van der Waals surface area contributed by atoms with Crippen LogP contribution < -0.4 is 5.32 Å². The number of ketones is 1. The van der Waals surface area contributed by atoms with E-state index in [0.29, 0.717) is 5.92 Å². The molecule has 3 nitrogen and oxygen atoms in total. The van der Waals surface area contributed by atoms with E-state index >= 15 is 0 Å². The average molecular weight is 286 g/mol. The van der Waals surface area contributed by atoms with E-state index in [4.69, 9.17) is 0 Å². The lowest BCUT2D eigenvalue weighted by molar-refractivity contribution is 0.104. The number of nitrogens with zero attached hydrogens (tertiary/aromatic N) is 1. The summed E-state index contributed by atoms with van der Waals surface area (Å²) in [5, 5.41) is 3.59. The summed E-state index contributed by atoms with van der Waals surface area (Å²) in [6.07, 6.45) is 4.51. The number of anilines is 1. The number of aryl methyl sites for hydroxylation is 1. The van der Waals surface area contributed by atoms with Crippen molar-refractivity contribution in [1.82, 2.24) is 4.90 Å². The van der Waals surface area contributed by atoms with Gasteiger partial charge in [-0.2, -0.15) is 0 Å². The Morgan fingerprint density at radius 2 is 2.05 bits per heavy atom. The number of hydrogen-bond acceptors (Lipinski definition) is 3. The zero-order valence-corrected chi connectivity index (χ0v) is 13.9. The van der Waals surface area contributed by atoms with Crippen LogP contribution in [-0.2, 0) is 0 Å². The standard InChI is InChI=1S/C18H26N2O/c1-12-9-16-14(13(2)11-18(3,4)19-16)10-15(12)17(21)7-8-20(5)6/h7-10,13,19H,11H2,1-6H3/b8-7+. The van der Waals surface area contributed by atoms with Gasteiger partial charge in [-0.15, -0.1) is 0 Å². The maximum absolute atomic E-state index is 12.4. The molecule has 0 amide bonds. The third-order valence-corrected chi connectivity index (χ3v) is 4.01. The first kappa shape index (κ1) is 15.6. The van der Waals surface area contributed by atoms with Crippen molar-refractivity contribution in [2.75, 3.05) is 19.4 Å². The summed E-state index contributed by atoms with van der Waals surface area (Å²) < 4.78 is 0. The van der Waals surface area contributed by atoms with Crippen LogP contribution in [0.1, 0.15) is 54.6 Å². The van der Waals surface area contributed by atoms with E-state index in [2.05, 4.69) is 38.2 Å². The third kappa shape index (κ3) is 3.46. The van der Waals surface area contributed by atoms with E-state index in [1.807, 2.05) is 25.9 Å². The molecule has 1 unspecified atom stereocenters. The molecule has 0 saturated heterocycles. The number of rotatable bonds is 3. The van der Waals surface area contributed by atoms with Crippen molar-refractivity contribution in [3.8, 4) is 0 Å². The van der Waals surface area contributed by atoms with Crippen LogP contribution >= 0.6 is 0 Å². The molecule has 1 aromatic carbocycles. The molecule has 3 heteroatoms. The Kier molecular flexibility index (Phi) is 4.13. The molecule has 0 bridgehead atoms. The lowest BCUT2D eigenvalue weighted by atomic mass is 9.80. The number of benzene rings is 1. The molecule has 1 aromatic rings. The molecule has 0 saturated carbocycles. The first-order chi connectivity index (χ1) is 9.69. The van der Waals surface area contributed by atoms with Gasteiger partial charge in [-0.3, -0.25) is 4.79 Å². The van der Waals surface area contributed by atoms with Crippen molar-refractivity contribution in [1.29, 1.82) is 0 Å². The topological polar surface area (TPSA) is 32.3 Å². The predicted molar refractivity (Wildman–Crippen MR) is 89.1 cm³/mol. The molecular weight excluding hydrogens is 260 g/mol. The second-order valence-electron chi connectivity index (χ2n) is 7.01. The van der Waals surface area contributed by atoms with Gasteiger partial charge in [-0.05, 0) is 56.4 Å². The van der Waals surface area contributed by atoms with E-state index < -0.39 is 0 Å². The van der Waals surface area contributed by atoms with Crippen LogP contribution in [0.2, 0.25) is 0 Å². The summed E-state index contributed by atoms with van der Waals surface area (Å²) in [6, 6.07) is 4.18. The van der Waals surface area contributed by atoms with Crippen LogP contribution in [0.25, 0.3) is 0 Å². The first-order valence-electron chi connectivity index (χ1n) is 7.51. The third-order valence-electron chi connectivity index (χ3n) is 4.01. The molecule has 1 aliphatic heterocycles. The quantitative estimate of drug-likeness (QED) is 0.674. The molecule has 0 fully saturated rings. The van der Waals surface area contributed by atoms with E-state index in [1.165, 1.54) is 11.3 Å². The lowest BCUT2D eigenvalue weighted by Gasteiger charge is -2.38. The summed E-state index contributed by atoms with van der Waals surface area (Å²) in [4.78, 5) is 14.2. The van der Waals surface area contributed by atoms with Crippen molar-refractivity contribution in [2.45, 2.75) is 45.6 Å². The fourth-order valence-corrected chi connectivity index (χ4v) is 3.10. The second kappa shape index (κ2) is 5.55. The van der Waals surface area contributed by atoms with Crippen LogP contribution in [0.3, 0.4) is 0 Å². The molecule has 1 N–H and O–H groups in total. The van der Waals surface area contributed by atoms with Gasteiger partial charge in [-0.25, -0.2) is 0 Å². The van der Waals surface area contributed by atoms with Crippen LogP contribution in [0.4, 0.5) is 5.69 Å². The first-order valence-corrected chi connectivity index (χ1v) is 7.51. The minimum Gasteiger partial charge on any atom is -0.383 e. The second-order valence-corrected chi connectivity index (χ2v) is 7.01. The Morgan fingerprint density at radius 3 is 2.67 bits per heavy atom. The van der Waals surface area contributed by atoms with E-state index in [9.17, 15) is 4.79 Å². The van der Waals surface area contributed by atoms with Crippen LogP contribution in [0.5, 0.6) is 0 Å². The fourth-order valence-electron chi connectivity index (χ4n) is 3.10. The molecule has 1 atom stereocenters. The average Bonchev–Trinajstić information content (AvgIpc) is 2.33. The van der Waals surface area contributed by atoms with Gasteiger partial charge >= 0.3 is 0 Å². The molecule has 0 aliphatic carbocycles. The van der Waals surface area contributed by atoms with Gasteiger partial charge in [0.05, 0.1) is 0 Å². The summed E-state index contributed by atoms with van der Waals surface area (Å²) in [5.74, 6) is 0.530. The highest BCUT2D eigenvalue weighted by molar-refractivity contribution is 6.06. The molecule has 1 heterocycles. The zero-order valence-electron chi connectivity index (χ0n) is 13.9. The summed E-state index contributed by atoms with van der Waals surface area (Å²) >= 11 is 0. The monoisotopic (exact) mass is 286 g/mol. The number of carbonyl (C=O) groups excluding carboxylic acids is 1. The molecule has 21 heavy (non-hydrogen) atoms. The van der Waals surface area contributed by atoms with Crippen molar-refractivity contribution < 1.29 is 4.79 Å². The van der Waals surface area contributed by atoms with Crippen molar-refractivity contribution >= 4 is 11.5 Å². The molecule has 0 radical (unpaired) electrons. The Bertz CT molecular complexity index is 585. The largest absolute Gasteiger partial charge is 0.383 e. The molecule has 1 aliphatic rings. The summed E-state index contributed by atoms with van der Waals surface area (Å²) in [5.41, 5.74) is 4.36. The summed E-state index contributed by atoms with van der Waals surface area (Å²) in [6.45, 7) is 8.69. The fraction of sp³-hybridized carbons (Fsp3) is 0.500. The predicted octanol–water partition coefficient (Wildman–Crippen LogP) is 3.95. The molecule has 0 spiro atoms. The summed E-state index contributed by atoms with van der Waals surface area (Å²) in [7, 11) is 3.83. The van der Waals surface area contributed by atoms with Gasteiger partial charge < -0.3 is 10.2 Å². The zero-order chi connectivity index (χ0) is 15.8. The smallest absolute Gasteiger partial charge is 0.187 e. The van der Waals surface area contributed by atoms with E-state index in [0.717, 1.165) is 17.5 Å². The van der Waals surface area contributed by atoms with Crippen molar-refractivity contribution in [3.63, 3.8) is 0 Å². The van der Waals surface area contributed by atoms with Gasteiger partial charge in [0.25, 0.3) is 0 Å². The molecular formula is C18H26N2O. The normalized spacial score (nSPS) is 20.0. The van der Waals surface area contributed by atoms with Crippen LogP contribution in [0, 0.1) is 6.92 Å². The van der Waals surface area contributed by atoms with Crippen molar-refractivity contribution in [3.05, 3.63) is 41.1 Å². The van der Waals surface area contributed by atoms with Gasteiger partial charge in [0.15, 0.2) is 5.78 Å². The number of allylic oxidation sites excluding steroid dienone is 1. The number of carbonyl (C=O) groups is 1. The maximum atomic E-state index is 12.4. The Labute approximate surface area is 128 Å². The minimum atomic E-state index is 0.0704. The molecule has 2 rings (SSSR count). The van der Waals surface area contributed by atoms with Crippen molar-refractivity contribution in [2.24, 2.45) is 0 Å². The van der Waals surface area contributed by atoms with Gasteiger partial charge in [0.2, 0.25) is 0 Å². The number of hydrogen-bond donors (Lipinski definition) is 1. The van der Waals surface area contributed by atoms with Crippen LogP contribution in [-0.4, -0.2) is 30.3 Å². The highest BCUT2D eigenvalue weighted by Gasteiger charge is 2.30. The number of nitrogens with one attached hydrogen (secondary N) is 1. The van der Waals surface area contributed by atoms with Gasteiger partial charge in [0.1, 0.15) is 0 Å². The molecule has 0 aromatic heterocycles. The van der Waals surface area contributed by atoms with E-state index in [1.54, 1.807) is 12.3 Å². The Morgan fingerprint density at radius 1 is 1.38 bits per heavy atom. The highest BCUT2D eigenvalue weighted by atomic mass is 16.1. The van der Waals surface area contributed by atoms with Gasteiger partial charge in [-0.1, -0.05) is 6.92 Å².